The third kappa shape index (κ3) is 7.91. The molecule has 5 aromatic rings. The van der Waals surface area contributed by atoms with Gasteiger partial charge in [0.15, 0.2) is 0 Å². The number of nitrogens with one attached hydrogen (secondary N) is 1. The number of ether oxygens (including phenoxy) is 3. The number of aromatic nitrogens is 6. The number of rotatable bonds is 8. The Morgan fingerprint density at radius 2 is 1.71 bits per heavy atom. The van der Waals surface area contributed by atoms with Gasteiger partial charge in [0.05, 0.1) is 51.8 Å². The highest BCUT2D eigenvalue weighted by atomic mass is 35.5. The molecular weight excluding hydrogens is 732 g/mol. The van der Waals surface area contributed by atoms with Crippen LogP contribution in [0.3, 0.4) is 0 Å². The fourth-order valence-corrected chi connectivity index (χ4v) is 5.80. The molecule has 0 saturated heterocycles. The van der Waals surface area contributed by atoms with E-state index in [-0.39, 0.29) is 49.9 Å². The van der Waals surface area contributed by atoms with Crippen LogP contribution in [0.2, 0.25) is 20.1 Å². The minimum Gasteiger partial charge on any atom is -0.481 e. The van der Waals surface area contributed by atoms with Gasteiger partial charge in [0.1, 0.15) is 12.4 Å². The summed E-state index contributed by atoms with van der Waals surface area (Å²) in [5.41, 5.74) is 0.600. The van der Waals surface area contributed by atoms with E-state index in [4.69, 9.17) is 71.5 Å². The molecular formula is C29H27Cl4N7O7S. The molecule has 14 nitrogen and oxygen atoms in total. The molecule has 0 aliphatic heterocycles. The smallest absolute Gasteiger partial charge is 0.442 e. The number of hydrogen-bond donors (Lipinski definition) is 1. The van der Waals surface area contributed by atoms with Crippen molar-refractivity contribution in [2.75, 3.05) is 25.5 Å². The van der Waals surface area contributed by atoms with E-state index in [0.29, 0.717) is 22.9 Å². The molecule has 0 bridgehead atoms. The second kappa shape index (κ2) is 14.5. The van der Waals surface area contributed by atoms with E-state index in [1.54, 1.807) is 13.0 Å². The van der Waals surface area contributed by atoms with Crippen LogP contribution < -0.4 is 24.7 Å². The first-order chi connectivity index (χ1) is 22.5. The largest absolute Gasteiger partial charge is 0.481 e. The molecule has 0 unspecified atom stereocenters. The third-order valence-corrected chi connectivity index (χ3v) is 8.67. The van der Waals surface area contributed by atoms with Gasteiger partial charge in [-0.1, -0.05) is 79.2 Å². The first-order valence-corrected chi connectivity index (χ1v) is 16.5. The molecule has 3 aromatic heterocycles. The SMILES string of the molecule is C#CCOc1cc(-n2nc(C(C)(C)C)oc2=O)c(Cl)cc1Cl.COc1cc(OC)n2nc(S(=O)(=O)Nc3c(Cl)ccc(C)c3Cl)nc2n1. The summed E-state index contributed by atoms with van der Waals surface area (Å²) >= 11 is 24.4. The fraction of sp³-hybridized carbons (Fsp3) is 0.276. The molecule has 0 aliphatic rings. The summed E-state index contributed by atoms with van der Waals surface area (Å²) < 4.78 is 50.5. The first kappa shape index (κ1) is 36.6. The molecule has 2 aromatic carbocycles. The van der Waals surface area contributed by atoms with E-state index in [1.807, 2.05) is 20.8 Å². The number of halogens is 4. The third-order valence-electron chi connectivity index (χ3n) is 6.15. The monoisotopic (exact) mass is 757 g/mol. The normalized spacial score (nSPS) is 11.4. The van der Waals surface area contributed by atoms with E-state index in [0.717, 1.165) is 9.20 Å². The summed E-state index contributed by atoms with van der Waals surface area (Å²) in [4.78, 5) is 20.0. The van der Waals surface area contributed by atoms with Crippen molar-refractivity contribution in [3.8, 4) is 35.5 Å². The van der Waals surface area contributed by atoms with Crippen molar-refractivity contribution in [3.05, 3.63) is 72.4 Å². The summed E-state index contributed by atoms with van der Waals surface area (Å²) in [5, 5.41) is 8.45. The minimum atomic E-state index is -4.18. The Balaban J connectivity index is 0.000000220. The number of terminal acetylenes is 1. The highest BCUT2D eigenvalue weighted by Crippen LogP contribution is 2.35. The molecule has 0 atom stereocenters. The second-order valence-electron chi connectivity index (χ2n) is 10.7. The van der Waals surface area contributed by atoms with Crippen molar-refractivity contribution in [2.45, 2.75) is 38.3 Å². The molecule has 0 amide bonds. The quantitative estimate of drug-likeness (QED) is 0.185. The van der Waals surface area contributed by atoms with E-state index >= 15 is 0 Å². The van der Waals surface area contributed by atoms with Crippen LogP contribution in [0.4, 0.5) is 5.69 Å². The lowest BCUT2D eigenvalue weighted by Gasteiger charge is -2.11. The number of nitrogens with zero attached hydrogens (tertiary/aromatic N) is 6. The van der Waals surface area contributed by atoms with Crippen LogP contribution in [0.25, 0.3) is 11.5 Å². The maximum atomic E-state index is 12.7. The summed E-state index contributed by atoms with van der Waals surface area (Å²) in [6.45, 7) is 7.41. The van der Waals surface area contributed by atoms with Crippen molar-refractivity contribution in [2.24, 2.45) is 0 Å². The molecule has 0 saturated carbocycles. The van der Waals surface area contributed by atoms with Gasteiger partial charge in [0.2, 0.25) is 17.7 Å². The zero-order valence-electron chi connectivity index (χ0n) is 26.1. The number of methoxy groups -OCH3 is 2. The number of benzene rings is 2. The minimum absolute atomic E-state index is 0.0111. The zero-order chi connectivity index (χ0) is 35.6. The van der Waals surface area contributed by atoms with Crippen LogP contribution in [0, 0.1) is 19.3 Å². The molecule has 0 aliphatic carbocycles. The van der Waals surface area contributed by atoms with Crippen LogP contribution in [-0.4, -0.2) is 58.6 Å². The highest BCUT2D eigenvalue weighted by Gasteiger charge is 2.26. The van der Waals surface area contributed by atoms with Gasteiger partial charge in [-0.15, -0.1) is 16.6 Å². The van der Waals surface area contributed by atoms with E-state index < -0.39 is 26.4 Å². The lowest BCUT2D eigenvalue weighted by Crippen LogP contribution is -2.15. The predicted octanol–water partition coefficient (Wildman–Crippen LogP) is 6.00. The fourth-order valence-electron chi connectivity index (χ4n) is 3.74. The molecule has 0 spiro atoms. The summed E-state index contributed by atoms with van der Waals surface area (Å²) in [7, 11) is -1.37. The Labute approximate surface area is 294 Å². The van der Waals surface area contributed by atoms with Crippen LogP contribution >= 0.6 is 46.4 Å². The van der Waals surface area contributed by atoms with Crippen LogP contribution in [-0.2, 0) is 15.4 Å². The van der Waals surface area contributed by atoms with Crippen molar-refractivity contribution in [3.63, 3.8) is 0 Å². The van der Waals surface area contributed by atoms with Gasteiger partial charge in [-0.3, -0.25) is 4.72 Å². The van der Waals surface area contributed by atoms with Crippen LogP contribution in [0.5, 0.6) is 17.5 Å². The number of hydrogen-bond acceptors (Lipinski definition) is 11. The van der Waals surface area contributed by atoms with Gasteiger partial charge in [-0.2, -0.15) is 27.6 Å². The molecule has 0 fully saturated rings. The predicted molar refractivity (Wildman–Crippen MR) is 181 cm³/mol. The van der Waals surface area contributed by atoms with E-state index in [9.17, 15) is 13.2 Å². The van der Waals surface area contributed by atoms with Crippen molar-refractivity contribution < 1.29 is 27.0 Å². The standard InChI is InChI=1S/C15H14Cl2N2O3.C14H13Cl2N5O4S/c1-5-6-21-12-8-11(9(16)7-10(12)17)19-14(20)22-13(18-19)15(2,3)4;1-7-4-5-8(15)12(11(7)16)20-26(22,23)14-18-13-17-9(24-2)6-10(25-3)21(13)19-14/h1,7-8H,6H2,2-4H3;4-6,20H,1-3H3. The van der Waals surface area contributed by atoms with Crippen LogP contribution in [0.15, 0.2) is 44.7 Å². The number of anilines is 1. The van der Waals surface area contributed by atoms with Crippen molar-refractivity contribution >= 4 is 67.9 Å². The topological polar surface area (TPSA) is 165 Å². The average molecular weight is 759 g/mol. The van der Waals surface area contributed by atoms with Gasteiger partial charge in [-0.25, -0.2) is 4.79 Å². The maximum Gasteiger partial charge on any atom is 0.442 e. The summed E-state index contributed by atoms with van der Waals surface area (Å²) in [6.07, 6.45) is 5.15. The Kier molecular flexibility index (Phi) is 11.1. The van der Waals surface area contributed by atoms with Gasteiger partial charge in [-0.05, 0) is 24.6 Å². The van der Waals surface area contributed by atoms with E-state index in [1.165, 1.54) is 38.5 Å². The summed E-state index contributed by atoms with van der Waals surface area (Å²) in [6, 6.07) is 7.61. The molecule has 3 heterocycles. The second-order valence-corrected chi connectivity index (χ2v) is 13.8. The Morgan fingerprint density at radius 1 is 1.00 bits per heavy atom. The van der Waals surface area contributed by atoms with Gasteiger partial charge < -0.3 is 18.6 Å². The van der Waals surface area contributed by atoms with Crippen molar-refractivity contribution in [1.82, 2.24) is 29.4 Å². The molecule has 254 valence electrons. The number of fused-ring (bicyclic) bond motifs is 1. The maximum absolute atomic E-state index is 12.7. The van der Waals surface area contributed by atoms with Crippen LogP contribution in [0.1, 0.15) is 32.2 Å². The zero-order valence-corrected chi connectivity index (χ0v) is 30.0. The molecule has 1 N–H and O–H groups in total. The summed E-state index contributed by atoms with van der Waals surface area (Å²) in [5.74, 6) is 2.69. The molecule has 5 rings (SSSR count). The molecule has 48 heavy (non-hydrogen) atoms. The first-order valence-electron chi connectivity index (χ1n) is 13.5. The van der Waals surface area contributed by atoms with Gasteiger partial charge in [0, 0.05) is 11.5 Å². The van der Waals surface area contributed by atoms with Gasteiger partial charge in [0.25, 0.3) is 21.0 Å². The number of aryl methyl sites for hydroxylation is 1. The van der Waals surface area contributed by atoms with Gasteiger partial charge >= 0.3 is 5.76 Å². The highest BCUT2D eigenvalue weighted by molar-refractivity contribution is 7.92. The Bertz CT molecular complexity index is 2200. The van der Waals surface area contributed by atoms with Crippen molar-refractivity contribution in [1.29, 1.82) is 0 Å². The Hall–Kier alpha value is -4.20. The molecule has 0 radical (unpaired) electrons. The lowest BCUT2D eigenvalue weighted by molar-refractivity contribution is 0.364. The Morgan fingerprint density at radius 3 is 2.31 bits per heavy atom. The lowest BCUT2D eigenvalue weighted by atomic mass is 9.97. The average Bonchev–Trinajstić information content (AvgIpc) is 3.65. The van der Waals surface area contributed by atoms with E-state index in [2.05, 4.69) is 30.8 Å². The molecule has 19 heteroatoms. The number of sulfonamides is 1.